The molecule has 0 unspecified atom stereocenters. The second kappa shape index (κ2) is 6.00. The Hall–Kier alpha value is -2.36. The van der Waals surface area contributed by atoms with E-state index < -0.39 is 5.97 Å². The summed E-state index contributed by atoms with van der Waals surface area (Å²) in [5.74, 6) is -0.921. The number of carboxylic acid groups (broad SMARTS) is 1. The fraction of sp³-hybridized carbons (Fsp3) is 0.200. The molecule has 19 heavy (non-hydrogen) atoms. The number of aryl methyl sites for hydroxylation is 1. The van der Waals surface area contributed by atoms with E-state index in [0.29, 0.717) is 6.42 Å². The van der Waals surface area contributed by atoms with Gasteiger partial charge in [-0.05, 0) is 31.2 Å². The predicted octanol–water partition coefficient (Wildman–Crippen LogP) is 2.74. The van der Waals surface area contributed by atoms with Gasteiger partial charge >= 0.3 is 5.97 Å². The van der Waals surface area contributed by atoms with Crippen LogP contribution < -0.4 is 5.32 Å². The molecule has 4 nitrogen and oxygen atoms in total. The van der Waals surface area contributed by atoms with Crippen molar-refractivity contribution in [1.82, 2.24) is 4.98 Å². The summed E-state index contributed by atoms with van der Waals surface area (Å²) in [7, 11) is 0. The van der Waals surface area contributed by atoms with E-state index in [1.165, 1.54) is 17.8 Å². The summed E-state index contributed by atoms with van der Waals surface area (Å²) in [5.41, 5.74) is 3.33. The molecule has 4 heteroatoms. The number of nitrogens with zero attached hydrogens (tertiary/aromatic N) is 1. The Balaban J connectivity index is 1.90. The van der Waals surface area contributed by atoms with Crippen LogP contribution in [0.4, 0.5) is 5.69 Å². The van der Waals surface area contributed by atoms with E-state index in [2.05, 4.69) is 10.3 Å². The fourth-order valence-electron chi connectivity index (χ4n) is 1.75. The number of nitrogens with one attached hydrogen (secondary N) is 1. The number of hydrogen-bond donors (Lipinski definition) is 2. The monoisotopic (exact) mass is 256 g/mol. The van der Waals surface area contributed by atoms with E-state index in [-0.39, 0.29) is 5.56 Å². The van der Waals surface area contributed by atoms with E-state index in [1.54, 1.807) is 6.07 Å². The minimum Gasteiger partial charge on any atom is -0.478 e. The van der Waals surface area contributed by atoms with Crippen LogP contribution in [-0.2, 0) is 6.42 Å². The largest absolute Gasteiger partial charge is 0.478 e. The molecule has 0 aliphatic rings. The molecular formula is C15H16N2O2. The highest BCUT2D eigenvalue weighted by Gasteiger charge is 2.03. The van der Waals surface area contributed by atoms with Crippen molar-refractivity contribution in [2.45, 2.75) is 13.3 Å². The third kappa shape index (κ3) is 3.81. The summed E-state index contributed by atoms with van der Waals surface area (Å²) in [5, 5.41) is 12.2. The molecule has 0 saturated carbocycles. The van der Waals surface area contributed by atoms with Crippen molar-refractivity contribution in [3.05, 3.63) is 59.4 Å². The lowest BCUT2D eigenvalue weighted by atomic mass is 10.2. The molecule has 2 aromatic rings. The molecule has 0 atom stereocenters. The van der Waals surface area contributed by atoms with Crippen LogP contribution in [0, 0.1) is 6.92 Å². The normalized spacial score (nSPS) is 10.2. The molecule has 0 amide bonds. The van der Waals surface area contributed by atoms with Crippen molar-refractivity contribution in [2.24, 2.45) is 0 Å². The Morgan fingerprint density at radius 3 is 2.68 bits per heavy atom. The highest BCUT2D eigenvalue weighted by molar-refractivity contribution is 5.87. The van der Waals surface area contributed by atoms with Gasteiger partial charge in [-0.25, -0.2) is 4.79 Å². The standard InChI is InChI=1S/C15H16N2O2/c1-11-2-4-13(5-3-11)16-9-7-14-10-12(15(18)19)6-8-17-14/h2-6,8,10,16H,7,9H2,1H3,(H,18,19). The molecule has 98 valence electrons. The van der Waals surface area contributed by atoms with E-state index in [9.17, 15) is 4.79 Å². The van der Waals surface area contributed by atoms with Crippen LogP contribution in [-0.4, -0.2) is 22.6 Å². The first-order chi connectivity index (χ1) is 9.15. The van der Waals surface area contributed by atoms with Crippen LogP contribution in [0.25, 0.3) is 0 Å². The molecule has 1 aromatic heterocycles. The molecule has 0 bridgehead atoms. The lowest BCUT2D eigenvalue weighted by Crippen LogP contribution is -2.07. The molecule has 0 radical (unpaired) electrons. The summed E-state index contributed by atoms with van der Waals surface area (Å²) in [6, 6.07) is 11.3. The van der Waals surface area contributed by atoms with E-state index >= 15 is 0 Å². The smallest absolute Gasteiger partial charge is 0.335 e. The van der Waals surface area contributed by atoms with Gasteiger partial charge in [-0.2, -0.15) is 0 Å². The van der Waals surface area contributed by atoms with Crippen molar-refractivity contribution >= 4 is 11.7 Å². The zero-order valence-electron chi connectivity index (χ0n) is 10.8. The van der Waals surface area contributed by atoms with Crippen molar-refractivity contribution in [3.63, 3.8) is 0 Å². The highest BCUT2D eigenvalue weighted by atomic mass is 16.4. The number of aromatic carboxylic acids is 1. The molecule has 0 aliphatic heterocycles. The van der Waals surface area contributed by atoms with Crippen molar-refractivity contribution < 1.29 is 9.90 Å². The van der Waals surface area contributed by atoms with Crippen molar-refractivity contribution in [2.75, 3.05) is 11.9 Å². The minimum atomic E-state index is -0.921. The van der Waals surface area contributed by atoms with Crippen molar-refractivity contribution in [3.8, 4) is 0 Å². The maximum absolute atomic E-state index is 10.8. The van der Waals surface area contributed by atoms with Gasteiger partial charge in [-0.3, -0.25) is 4.98 Å². The quantitative estimate of drug-likeness (QED) is 0.863. The van der Waals surface area contributed by atoms with Gasteiger partial charge in [0, 0.05) is 30.5 Å². The maximum Gasteiger partial charge on any atom is 0.335 e. The van der Waals surface area contributed by atoms with Gasteiger partial charge in [0.05, 0.1) is 5.56 Å². The van der Waals surface area contributed by atoms with Crippen LogP contribution in [0.1, 0.15) is 21.6 Å². The van der Waals surface area contributed by atoms with Gasteiger partial charge in [0.15, 0.2) is 0 Å². The van der Waals surface area contributed by atoms with Gasteiger partial charge in [0.2, 0.25) is 0 Å². The summed E-state index contributed by atoms with van der Waals surface area (Å²) in [6.45, 7) is 2.77. The van der Waals surface area contributed by atoms with E-state index in [4.69, 9.17) is 5.11 Å². The Kier molecular flexibility index (Phi) is 4.13. The fourth-order valence-corrected chi connectivity index (χ4v) is 1.75. The number of benzene rings is 1. The number of aromatic nitrogens is 1. The summed E-state index contributed by atoms with van der Waals surface area (Å²) >= 11 is 0. The summed E-state index contributed by atoms with van der Waals surface area (Å²) in [4.78, 5) is 15.0. The molecule has 0 saturated heterocycles. The van der Waals surface area contributed by atoms with Gasteiger partial charge in [-0.15, -0.1) is 0 Å². The Morgan fingerprint density at radius 2 is 2.00 bits per heavy atom. The SMILES string of the molecule is Cc1ccc(NCCc2cc(C(=O)O)ccn2)cc1. The molecular weight excluding hydrogens is 240 g/mol. The average molecular weight is 256 g/mol. The number of carboxylic acids is 1. The lowest BCUT2D eigenvalue weighted by molar-refractivity contribution is 0.0696. The topological polar surface area (TPSA) is 62.2 Å². The van der Waals surface area contributed by atoms with E-state index in [0.717, 1.165) is 17.9 Å². The molecule has 0 spiro atoms. The number of pyridine rings is 1. The molecule has 2 N–H and O–H groups in total. The molecule has 2 rings (SSSR count). The van der Waals surface area contributed by atoms with E-state index in [1.807, 2.05) is 31.2 Å². The van der Waals surface area contributed by atoms with Crippen LogP contribution in [0.3, 0.4) is 0 Å². The Labute approximate surface area is 112 Å². The zero-order valence-corrected chi connectivity index (χ0v) is 10.8. The Bertz CT molecular complexity index is 565. The number of rotatable bonds is 5. The highest BCUT2D eigenvalue weighted by Crippen LogP contribution is 2.09. The second-order valence-electron chi connectivity index (χ2n) is 4.38. The molecule has 0 aliphatic carbocycles. The van der Waals surface area contributed by atoms with Crippen LogP contribution in [0.2, 0.25) is 0 Å². The lowest BCUT2D eigenvalue weighted by Gasteiger charge is -2.06. The van der Waals surface area contributed by atoms with Gasteiger partial charge in [0.25, 0.3) is 0 Å². The third-order valence-electron chi connectivity index (χ3n) is 2.83. The maximum atomic E-state index is 10.8. The van der Waals surface area contributed by atoms with Crippen LogP contribution >= 0.6 is 0 Å². The molecule has 0 fully saturated rings. The zero-order chi connectivity index (χ0) is 13.7. The molecule has 1 heterocycles. The van der Waals surface area contributed by atoms with Gasteiger partial charge in [0.1, 0.15) is 0 Å². The van der Waals surface area contributed by atoms with Crippen molar-refractivity contribution in [1.29, 1.82) is 0 Å². The first-order valence-electron chi connectivity index (χ1n) is 6.14. The summed E-state index contributed by atoms with van der Waals surface area (Å²) < 4.78 is 0. The average Bonchev–Trinajstić information content (AvgIpc) is 2.41. The summed E-state index contributed by atoms with van der Waals surface area (Å²) in [6.07, 6.45) is 2.22. The van der Waals surface area contributed by atoms with Crippen LogP contribution in [0.5, 0.6) is 0 Å². The number of hydrogen-bond acceptors (Lipinski definition) is 3. The van der Waals surface area contributed by atoms with Crippen LogP contribution in [0.15, 0.2) is 42.6 Å². The number of carbonyl (C=O) groups is 1. The minimum absolute atomic E-state index is 0.278. The Morgan fingerprint density at radius 1 is 1.26 bits per heavy atom. The first kappa shape index (κ1) is 13.1. The first-order valence-corrected chi connectivity index (χ1v) is 6.14. The third-order valence-corrected chi connectivity index (χ3v) is 2.83. The number of anilines is 1. The predicted molar refractivity (Wildman–Crippen MR) is 74.6 cm³/mol. The van der Waals surface area contributed by atoms with Gasteiger partial charge < -0.3 is 10.4 Å². The second-order valence-corrected chi connectivity index (χ2v) is 4.38. The molecule has 1 aromatic carbocycles. The van der Waals surface area contributed by atoms with Gasteiger partial charge in [-0.1, -0.05) is 17.7 Å².